The zero-order valence-electron chi connectivity index (χ0n) is 15.5. The van der Waals surface area contributed by atoms with Gasteiger partial charge in [-0.05, 0) is 54.3 Å². The number of amides is 1. The molecule has 0 aliphatic rings. The van der Waals surface area contributed by atoms with E-state index in [9.17, 15) is 4.79 Å². The Morgan fingerprint density at radius 1 is 0.964 bits per heavy atom. The first-order chi connectivity index (χ1) is 13.7. The molecule has 0 aliphatic heterocycles. The Hall–Kier alpha value is -3.18. The van der Waals surface area contributed by atoms with Crippen LogP contribution in [0.1, 0.15) is 21.5 Å². The zero-order valence-corrected chi connectivity index (χ0v) is 16.3. The van der Waals surface area contributed by atoms with Gasteiger partial charge in [0, 0.05) is 5.56 Å². The highest BCUT2D eigenvalue weighted by Crippen LogP contribution is 2.29. The number of aryl methyl sites for hydroxylation is 2. The SMILES string of the molecule is COc1ccc2nc(NC(=O)c3cccc(CCc4ccccc4)c3)sc2c1. The van der Waals surface area contributed by atoms with Crippen molar-refractivity contribution in [2.75, 3.05) is 12.4 Å². The van der Waals surface area contributed by atoms with Crippen molar-refractivity contribution in [3.05, 3.63) is 89.5 Å². The summed E-state index contributed by atoms with van der Waals surface area (Å²) >= 11 is 1.44. The van der Waals surface area contributed by atoms with E-state index in [0.717, 1.165) is 34.4 Å². The number of rotatable bonds is 6. The van der Waals surface area contributed by atoms with Gasteiger partial charge in [0.25, 0.3) is 5.91 Å². The van der Waals surface area contributed by atoms with E-state index in [2.05, 4.69) is 28.5 Å². The molecule has 0 saturated carbocycles. The minimum absolute atomic E-state index is 0.146. The lowest BCUT2D eigenvalue weighted by Gasteiger charge is -2.06. The second-order valence-electron chi connectivity index (χ2n) is 6.49. The lowest BCUT2D eigenvalue weighted by atomic mass is 10.0. The first-order valence-corrected chi connectivity index (χ1v) is 9.92. The first-order valence-electron chi connectivity index (χ1n) is 9.10. The van der Waals surface area contributed by atoms with Crippen LogP contribution in [-0.4, -0.2) is 18.0 Å². The lowest BCUT2D eigenvalue weighted by Crippen LogP contribution is -2.12. The molecule has 4 aromatic rings. The molecule has 28 heavy (non-hydrogen) atoms. The number of hydrogen-bond donors (Lipinski definition) is 1. The van der Waals surface area contributed by atoms with Crippen LogP contribution in [0.2, 0.25) is 0 Å². The molecule has 4 nitrogen and oxygen atoms in total. The van der Waals surface area contributed by atoms with E-state index in [1.165, 1.54) is 16.9 Å². The molecule has 3 aromatic carbocycles. The molecule has 1 N–H and O–H groups in total. The predicted octanol–water partition coefficient (Wildman–Crippen LogP) is 5.34. The molecule has 0 bridgehead atoms. The Bertz CT molecular complexity index is 1110. The van der Waals surface area contributed by atoms with Crippen molar-refractivity contribution in [2.24, 2.45) is 0 Å². The minimum atomic E-state index is -0.146. The predicted molar refractivity (Wildman–Crippen MR) is 114 cm³/mol. The average Bonchev–Trinajstić information content (AvgIpc) is 3.14. The molecule has 0 radical (unpaired) electrons. The third-order valence-electron chi connectivity index (χ3n) is 4.55. The van der Waals surface area contributed by atoms with Gasteiger partial charge in [0.15, 0.2) is 5.13 Å². The van der Waals surface area contributed by atoms with Crippen molar-refractivity contribution in [3.63, 3.8) is 0 Å². The van der Waals surface area contributed by atoms with Crippen molar-refractivity contribution in [3.8, 4) is 5.75 Å². The second-order valence-corrected chi connectivity index (χ2v) is 7.52. The van der Waals surface area contributed by atoms with Crippen molar-refractivity contribution in [2.45, 2.75) is 12.8 Å². The van der Waals surface area contributed by atoms with Gasteiger partial charge in [-0.15, -0.1) is 0 Å². The van der Waals surface area contributed by atoms with E-state index in [4.69, 9.17) is 4.74 Å². The van der Waals surface area contributed by atoms with Gasteiger partial charge in [0.2, 0.25) is 0 Å². The number of hydrogen-bond acceptors (Lipinski definition) is 4. The molecule has 0 atom stereocenters. The molecule has 0 spiro atoms. The van der Waals surface area contributed by atoms with Gasteiger partial charge in [-0.3, -0.25) is 10.1 Å². The summed E-state index contributed by atoms with van der Waals surface area (Å²) in [7, 11) is 1.63. The van der Waals surface area contributed by atoms with E-state index in [0.29, 0.717) is 10.7 Å². The standard InChI is InChI=1S/C23H20N2O2S/c1-27-19-12-13-20-21(15-19)28-23(24-20)25-22(26)18-9-5-8-17(14-18)11-10-16-6-3-2-4-7-16/h2-9,12-15H,10-11H2,1H3,(H,24,25,26). The van der Waals surface area contributed by atoms with Gasteiger partial charge >= 0.3 is 0 Å². The largest absolute Gasteiger partial charge is 0.497 e. The van der Waals surface area contributed by atoms with Gasteiger partial charge in [0.05, 0.1) is 17.3 Å². The fourth-order valence-corrected chi connectivity index (χ4v) is 3.95. The summed E-state index contributed by atoms with van der Waals surface area (Å²) in [6.07, 6.45) is 1.84. The van der Waals surface area contributed by atoms with Gasteiger partial charge in [-0.2, -0.15) is 0 Å². The Balaban J connectivity index is 1.46. The molecule has 0 aliphatic carbocycles. The summed E-state index contributed by atoms with van der Waals surface area (Å²) < 4.78 is 6.22. The quantitative estimate of drug-likeness (QED) is 0.485. The number of carbonyl (C=O) groups excluding carboxylic acids is 1. The zero-order chi connectivity index (χ0) is 19.3. The van der Waals surface area contributed by atoms with Crippen LogP contribution in [0.25, 0.3) is 10.2 Å². The highest BCUT2D eigenvalue weighted by atomic mass is 32.1. The van der Waals surface area contributed by atoms with Crippen LogP contribution in [-0.2, 0) is 12.8 Å². The maximum absolute atomic E-state index is 12.7. The van der Waals surface area contributed by atoms with Gasteiger partial charge < -0.3 is 4.74 Å². The van der Waals surface area contributed by atoms with Gasteiger partial charge in [0.1, 0.15) is 5.75 Å². The Morgan fingerprint density at radius 2 is 1.75 bits per heavy atom. The molecule has 0 fully saturated rings. The smallest absolute Gasteiger partial charge is 0.257 e. The van der Waals surface area contributed by atoms with Crippen LogP contribution in [0.3, 0.4) is 0 Å². The Labute approximate surface area is 167 Å². The molecule has 5 heteroatoms. The number of anilines is 1. The summed E-state index contributed by atoms with van der Waals surface area (Å²) in [5.74, 6) is 0.632. The maximum Gasteiger partial charge on any atom is 0.257 e. The highest BCUT2D eigenvalue weighted by Gasteiger charge is 2.11. The van der Waals surface area contributed by atoms with Crippen LogP contribution >= 0.6 is 11.3 Å². The van der Waals surface area contributed by atoms with Crippen molar-refractivity contribution < 1.29 is 9.53 Å². The van der Waals surface area contributed by atoms with Gasteiger partial charge in [-0.1, -0.05) is 53.8 Å². The highest BCUT2D eigenvalue weighted by molar-refractivity contribution is 7.22. The van der Waals surface area contributed by atoms with E-state index < -0.39 is 0 Å². The van der Waals surface area contributed by atoms with E-state index in [1.807, 2.05) is 54.6 Å². The first kappa shape index (κ1) is 18.2. The molecular weight excluding hydrogens is 368 g/mol. The monoisotopic (exact) mass is 388 g/mol. The van der Waals surface area contributed by atoms with Gasteiger partial charge in [-0.25, -0.2) is 4.98 Å². The summed E-state index contributed by atoms with van der Waals surface area (Å²) in [6.45, 7) is 0. The number of methoxy groups -OCH3 is 1. The number of thiazole rings is 1. The second kappa shape index (κ2) is 8.23. The van der Waals surface area contributed by atoms with Crippen molar-refractivity contribution >= 4 is 32.6 Å². The van der Waals surface area contributed by atoms with E-state index in [-0.39, 0.29) is 5.91 Å². The summed E-state index contributed by atoms with van der Waals surface area (Å²) in [5, 5.41) is 3.50. The molecule has 1 aromatic heterocycles. The van der Waals surface area contributed by atoms with Crippen LogP contribution in [0.15, 0.2) is 72.8 Å². The maximum atomic E-state index is 12.7. The number of nitrogens with zero attached hydrogens (tertiary/aromatic N) is 1. The fourth-order valence-electron chi connectivity index (χ4n) is 3.06. The normalized spacial score (nSPS) is 10.8. The topological polar surface area (TPSA) is 51.2 Å². The number of carbonyl (C=O) groups is 1. The number of nitrogens with one attached hydrogen (secondary N) is 1. The van der Waals surface area contributed by atoms with Crippen LogP contribution < -0.4 is 10.1 Å². The Kier molecular flexibility index (Phi) is 5.35. The van der Waals surface area contributed by atoms with E-state index in [1.54, 1.807) is 7.11 Å². The number of benzene rings is 3. The Morgan fingerprint density at radius 3 is 2.57 bits per heavy atom. The lowest BCUT2D eigenvalue weighted by molar-refractivity contribution is 0.102. The molecule has 0 saturated heterocycles. The molecule has 140 valence electrons. The van der Waals surface area contributed by atoms with Crippen molar-refractivity contribution in [1.29, 1.82) is 0 Å². The van der Waals surface area contributed by atoms with Crippen LogP contribution in [0, 0.1) is 0 Å². The van der Waals surface area contributed by atoms with Crippen LogP contribution in [0.5, 0.6) is 5.75 Å². The van der Waals surface area contributed by atoms with Crippen LogP contribution in [0.4, 0.5) is 5.13 Å². The summed E-state index contributed by atoms with van der Waals surface area (Å²) in [5.41, 5.74) is 3.92. The molecule has 0 unspecified atom stereocenters. The molecular formula is C23H20N2O2S. The number of aromatic nitrogens is 1. The fraction of sp³-hybridized carbons (Fsp3) is 0.130. The third kappa shape index (κ3) is 4.21. The molecule has 1 heterocycles. The van der Waals surface area contributed by atoms with E-state index >= 15 is 0 Å². The average molecular weight is 388 g/mol. The molecule has 4 rings (SSSR count). The number of fused-ring (bicyclic) bond motifs is 1. The summed E-state index contributed by atoms with van der Waals surface area (Å²) in [6, 6.07) is 23.8. The third-order valence-corrected chi connectivity index (χ3v) is 5.48. The number of ether oxygens (including phenoxy) is 1. The molecule has 1 amide bonds. The van der Waals surface area contributed by atoms with Crippen molar-refractivity contribution in [1.82, 2.24) is 4.98 Å². The minimum Gasteiger partial charge on any atom is -0.497 e. The summed E-state index contributed by atoms with van der Waals surface area (Å²) in [4.78, 5) is 17.2.